The van der Waals surface area contributed by atoms with Gasteiger partial charge in [-0.25, -0.2) is 4.79 Å². The third-order valence-corrected chi connectivity index (χ3v) is 4.01. The number of anilines is 1. The molecule has 0 aliphatic heterocycles. The lowest BCUT2D eigenvalue weighted by Crippen LogP contribution is -2.07. The average molecular weight is 400 g/mol. The number of nitrogens with zero attached hydrogens (tertiary/aromatic N) is 1. The van der Waals surface area contributed by atoms with Crippen LogP contribution in [0.3, 0.4) is 0 Å². The van der Waals surface area contributed by atoms with Gasteiger partial charge >= 0.3 is 5.97 Å². The van der Waals surface area contributed by atoms with Gasteiger partial charge in [-0.05, 0) is 62.5 Å². The SMILES string of the molecule is Cc1c(NCc2ncc(Br)cc2Br)cccc1C(=O)O. The molecule has 0 atom stereocenters. The molecule has 0 bridgehead atoms. The number of nitrogens with one attached hydrogen (secondary N) is 1. The van der Waals surface area contributed by atoms with E-state index in [-0.39, 0.29) is 0 Å². The van der Waals surface area contributed by atoms with E-state index in [0.717, 1.165) is 20.3 Å². The number of aromatic nitrogens is 1. The smallest absolute Gasteiger partial charge is 0.336 e. The number of carboxylic acid groups (broad SMARTS) is 1. The van der Waals surface area contributed by atoms with Gasteiger partial charge in [-0.1, -0.05) is 6.07 Å². The van der Waals surface area contributed by atoms with Crippen LogP contribution in [0.15, 0.2) is 39.4 Å². The van der Waals surface area contributed by atoms with Gasteiger partial charge < -0.3 is 10.4 Å². The minimum atomic E-state index is -0.922. The lowest BCUT2D eigenvalue weighted by Gasteiger charge is -2.12. The van der Waals surface area contributed by atoms with Crippen LogP contribution in [0.1, 0.15) is 21.6 Å². The Balaban J connectivity index is 2.19. The maximum Gasteiger partial charge on any atom is 0.336 e. The minimum absolute atomic E-state index is 0.304. The zero-order chi connectivity index (χ0) is 14.7. The Morgan fingerprint density at radius 3 is 2.80 bits per heavy atom. The quantitative estimate of drug-likeness (QED) is 0.807. The number of benzene rings is 1. The first-order valence-electron chi connectivity index (χ1n) is 5.85. The summed E-state index contributed by atoms with van der Waals surface area (Å²) < 4.78 is 1.79. The van der Waals surface area contributed by atoms with Gasteiger partial charge in [-0.15, -0.1) is 0 Å². The van der Waals surface area contributed by atoms with E-state index >= 15 is 0 Å². The molecule has 2 N–H and O–H groups in total. The highest BCUT2D eigenvalue weighted by Gasteiger charge is 2.10. The Morgan fingerprint density at radius 2 is 2.15 bits per heavy atom. The van der Waals surface area contributed by atoms with Gasteiger partial charge in [0.25, 0.3) is 0 Å². The monoisotopic (exact) mass is 398 g/mol. The van der Waals surface area contributed by atoms with Crippen LogP contribution < -0.4 is 5.32 Å². The Bertz CT molecular complexity index is 660. The van der Waals surface area contributed by atoms with E-state index in [9.17, 15) is 4.79 Å². The molecule has 4 nitrogen and oxygen atoms in total. The lowest BCUT2D eigenvalue weighted by atomic mass is 10.1. The van der Waals surface area contributed by atoms with Gasteiger partial charge in [0, 0.05) is 20.8 Å². The molecule has 104 valence electrons. The lowest BCUT2D eigenvalue weighted by molar-refractivity contribution is 0.0696. The van der Waals surface area contributed by atoms with Crippen molar-refractivity contribution in [2.24, 2.45) is 0 Å². The summed E-state index contributed by atoms with van der Waals surface area (Å²) in [4.78, 5) is 15.4. The number of pyridine rings is 1. The standard InChI is InChI=1S/C14H12Br2N2O2/c1-8-10(14(19)20)3-2-4-12(8)18-7-13-11(16)5-9(15)6-17-13/h2-6,18H,7H2,1H3,(H,19,20). The molecule has 0 saturated carbocycles. The van der Waals surface area contributed by atoms with Crippen molar-refractivity contribution in [1.82, 2.24) is 4.98 Å². The Kier molecular flexibility index (Phi) is 4.77. The molecule has 0 fully saturated rings. The Labute approximate surface area is 133 Å². The van der Waals surface area contributed by atoms with Gasteiger partial charge in [0.2, 0.25) is 0 Å². The second kappa shape index (κ2) is 6.37. The second-order valence-corrected chi connectivity index (χ2v) is 5.99. The Morgan fingerprint density at radius 1 is 1.40 bits per heavy atom. The van der Waals surface area contributed by atoms with E-state index in [4.69, 9.17) is 5.11 Å². The molecular formula is C14H12Br2N2O2. The molecule has 0 aliphatic rings. The molecule has 20 heavy (non-hydrogen) atoms. The van der Waals surface area contributed by atoms with Gasteiger partial charge in [0.05, 0.1) is 17.8 Å². The number of aromatic carboxylic acids is 1. The van der Waals surface area contributed by atoms with E-state index in [2.05, 4.69) is 42.2 Å². The summed E-state index contributed by atoms with van der Waals surface area (Å²) in [6, 6.07) is 7.10. The zero-order valence-corrected chi connectivity index (χ0v) is 13.8. The van der Waals surface area contributed by atoms with Gasteiger partial charge in [0.1, 0.15) is 0 Å². The van der Waals surface area contributed by atoms with Gasteiger partial charge in [-0.2, -0.15) is 0 Å². The molecule has 0 radical (unpaired) electrons. The molecule has 1 aromatic carbocycles. The number of hydrogen-bond acceptors (Lipinski definition) is 3. The number of hydrogen-bond donors (Lipinski definition) is 2. The van der Waals surface area contributed by atoms with Crippen LogP contribution in [0, 0.1) is 6.92 Å². The van der Waals surface area contributed by atoms with Crippen LogP contribution in [-0.4, -0.2) is 16.1 Å². The van der Waals surface area contributed by atoms with Crippen LogP contribution in [0.5, 0.6) is 0 Å². The average Bonchev–Trinajstić information content (AvgIpc) is 2.39. The molecule has 0 unspecified atom stereocenters. The normalized spacial score (nSPS) is 10.3. The van der Waals surface area contributed by atoms with Crippen molar-refractivity contribution in [2.75, 3.05) is 5.32 Å². The second-order valence-electron chi connectivity index (χ2n) is 4.22. The summed E-state index contributed by atoms with van der Waals surface area (Å²) in [5, 5.41) is 12.3. The first-order valence-corrected chi connectivity index (χ1v) is 7.44. The summed E-state index contributed by atoms with van der Waals surface area (Å²) in [5.74, 6) is -0.922. The van der Waals surface area contributed by atoms with Crippen molar-refractivity contribution >= 4 is 43.5 Å². The third-order valence-electron chi connectivity index (χ3n) is 2.89. The third kappa shape index (κ3) is 3.37. The topological polar surface area (TPSA) is 62.2 Å². The highest BCUT2D eigenvalue weighted by atomic mass is 79.9. The van der Waals surface area contributed by atoms with Crippen molar-refractivity contribution in [3.63, 3.8) is 0 Å². The molecule has 2 rings (SSSR count). The Hall–Kier alpha value is -1.40. The molecule has 0 spiro atoms. The largest absolute Gasteiger partial charge is 0.478 e. The molecule has 1 aromatic heterocycles. The first kappa shape index (κ1) is 15.0. The number of carbonyl (C=O) groups is 1. The van der Waals surface area contributed by atoms with Gasteiger partial charge in [-0.3, -0.25) is 4.98 Å². The maximum atomic E-state index is 11.1. The van der Waals surface area contributed by atoms with Crippen molar-refractivity contribution in [2.45, 2.75) is 13.5 Å². The highest BCUT2D eigenvalue weighted by molar-refractivity contribution is 9.11. The van der Waals surface area contributed by atoms with Crippen molar-refractivity contribution in [3.8, 4) is 0 Å². The van der Waals surface area contributed by atoms with E-state index in [1.54, 1.807) is 25.3 Å². The summed E-state index contributed by atoms with van der Waals surface area (Å²) in [6.45, 7) is 2.30. The molecule has 1 heterocycles. The predicted octanol–water partition coefficient (Wildman–Crippen LogP) is 4.23. The van der Waals surface area contributed by atoms with Crippen molar-refractivity contribution < 1.29 is 9.90 Å². The summed E-state index contributed by atoms with van der Waals surface area (Å²) >= 11 is 6.80. The van der Waals surface area contributed by atoms with Crippen LogP contribution in [-0.2, 0) is 6.54 Å². The fourth-order valence-corrected chi connectivity index (χ4v) is 2.94. The molecule has 0 amide bonds. The minimum Gasteiger partial charge on any atom is -0.478 e. The number of carboxylic acids is 1. The van der Waals surface area contributed by atoms with Crippen molar-refractivity contribution in [1.29, 1.82) is 0 Å². The zero-order valence-electron chi connectivity index (χ0n) is 10.7. The number of halogens is 2. The van der Waals surface area contributed by atoms with E-state index < -0.39 is 5.97 Å². The van der Waals surface area contributed by atoms with Crippen LogP contribution in [0.2, 0.25) is 0 Å². The fourth-order valence-electron chi connectivity index (χ4n) is 1.81. The first-order chi connectivity index (χ1) is 9.49. The number of rotatable bonds is 4. The van der Waals surface area contributed by atoms with Crippen LogP contribution >= 0.6 is 31.9 Å². The molecule has 6 heteroatoms. The summed E-state index contributed by atoms with van der Waals surface area (Å²) in [6.07, 6.45) is 1.72. The maximum absolute atomic E-state index is 11.1. The van der Waals surface area contributed by atoms with E-state index in [1.807, 2.05) is 12.1 Å². The van der Waals surface area contributed by atoms with E-state index in [0.29, 0.717) is 17.7 Å². The van der Waals surface area contributed by atoms with E-state index in [1.165, 1.54) is 0 Å². The molecular weight excluding hydrogens is 388 g/mol. The molecule has 0 aliphatic carbocycles. The molecule has 2 aromatic rings. The summed E-state index contributed by atoms with van der Waals surface area (Å²) in [7, 11) is 0. The molecule has 0 saturated heterocycles. The van der Waals surface area contributed by atoms with Crippen molar-refractivity contribution in [3.05, 3.63) is 56.2 Å². The van der Waals surface area contributed by atoms with Crippen LogP contribution in [0.4, 0.5) is 5.69 Å². The highest BCUT2D eigenvalue weighted by Crippen LogP contribution is 2.23. The van der Waals surface area contributed by atoms with Crippen LogP contribution in [0.25, 0.3) is 0 Å². The predicted molar refractivity (Wildman–Crippen MR) is 85.1 cm³/mol. The van der Waals surface area contributed by atoms with Gasteiger partial charge in [0.15, 0.2) is 0 Å². The fraction of sp³-hybridized carbons (Fsp3) is 0.143. The summed E-state index contributed by atoms with van der Waals surface area (Å²) in [5.41, 5.74) is 2.67.